The Hall–Kier alpha value is 1.45. The van der Waals surface area contributed by atoms with Crippen LogP contribution in [-0.2, 0) is 4.74 Å². The van der Waals surface area contributed by atoms with Crippen molar-refractivity contribution in [1.82, 2.24) is 0 Å². The maximum atomic E-state index is 9.67. The minimum atomic E-state index is -3.67. The van der Waals surface area contributed by atoms with Gasteiger partial charge in [-0.25, -0.2) is 0 Å². The van der Waals surface area contributed by atoms with E-state index >= 15 is 0 Å². The van der Waals surface area contributed by atoms with Gasteiger partial charge >= 0.3 is 58.9 Å². The van der Waals surface area contributed by atoms with Gasteiger partial charge in [-0.3, -0.25) is 12.9 Å². The molecule has 0 atom stereocenters. The average Bonchev–Trinajstić information content (AvgIpc) is 1.90. The molecular formula is C5H9BF3KO. The molecule has 0 aromatic heterocycles. The molecule has 1 rings (SSSR count). The van der Waals surface area contributed by atoms with Crippen molar-refractivity contribution >= 4 is 7.54 Å². The van der Waals surface area contributed by atoms with Crippen molar-refractivity contribution in [2.24, 2.45) is 0 Å². The van der Waals surface area contributed by atoms with Crippen LogP contribution in [-0.4, -0.2) is 20.8 Å². The van der Waals surface area contributed by atoms with Crippen LogP contribution in [0, 0.1) is 6.42 Å². The molecule has 0 aliphatic carbocycles. The van der Waals surface area contributed by atoms with Gasteiger partial charge in [0.2, 0.25) is 0 Å². The summed E-state index contributed by atoms with van der Waals surface area (Å²) in [5, 5.41) is 0. The summed E-state index contributed by atoms with van der Waals surface area (Å²) in [7, 11) is -3.67. The maximum absolute atomic E-state index is 9.67. The summed E-state index contributed by atoms with van der Waals surface area (Å²) in [6, 6.07) is 0. The van der Waals surface area contributed by atoms with E-state index in [1.54, 1.807) is 0 Å². The minimum absolute atomic E-state index is 0. The van der Waals surface area contributed by atoms with Crippen LogP contribution in [0.25, 0.3) is 0 Å². The van der Waals surface area contributed by atoms with Crippen molar-refractivity contribution in [3.8, 4) is 0 Å². The Labute approximate surface area is 108 Å². The third-order valence-electron chi connectivity index (χ3n) is 0.933. The molecule has 1 heterocycles. The maximum Gasteiger partial charge on any atom is 1.00 e. The van der Waals surface area contributed by atoms with Gasteiger partial charge in [0.1, 0.15) is 0 Å². The molecule has 11 heavy (non-hydrogen) atoms. The fourth-order valence-electron chi connectivity index (χ4n) is 0.580. The second-order valence-electron chi connectivity index (χ2n) is 1.73. The van der Waals surface area contributed by atoms with Gasteiger partial charge < -0.3 is 11.2 Å². The summed E-state index contributed by atoms with van der Waals surface area (Å²) in [6.07, 6.45) is 4.57. The summed E-state index contributed by atoms with van der Waals surface area (Å²) in [4.78, 5) is 0. The normalized spacial score (nSPS) is 15.5. The summed E-state index contributed by atoms with van der Waals surface area (Å²) >= 11 is 0. The molecule has 0 spiro atoms. The molecule has 0 unspecified atom stereocenters. The molecule has 1 fully saturated rings. The third-order valence-corrected chi connectivity index (χ3v) is 0.933. The number of hydrogen-bond acceptors (Lipinski definition) is 1. The van der Waals surface area contributed by atoms with Crippen LogP contribution in [0.4, 0.5) is 12.9 Å². The van der Waals surface area contributed by atoms with Crippen molar-refractivity contribution in [3.05, 3.63) is 6.42 Å². The molecule has 0 aromatic carbocycles. The Morgan fingerprint density at radius 3 is 1.55 bits per heavy atom. The molecule has 1 saturated heterocycles. The third kappa shape index (κ3) is 18.4. The number of halogens is 3. The van der Waals surface area contributed by atoms with Gasteiger partial charge in [0.05, 0.1) is 0 Å². The van der Waals surface area contributed by atoms with E-state index in [4.69, 9.17) is 4.74 Å². The van der Waals surface area contributed by atoms with Crippen LogP contribution in [0.5, 0.6) is 0 Å². The van der Waals surface area contributed by atoms with Gasteiger partial charge in [0, 0.05) is 13.2 Å². The molecule has 0 saturated carbocycles. The molecule has 0 radical (unpaired) electrons. The van der Waals surface area contributed by atoms with E-state index in [0.29, 0.717) is 0 Å². The van der Waals surface area contributed by atoms with E-state index in [0.717, 1.165) is 26.1 Å². The first kappa shape index (κ1) is 14.9. The van der Waals surface area contributed by atoms with Crippen LogP contribution in [0.3, 0.4) is 0 Å². The predicted molar refractivity (Wildman–Crippen MR) is 33.4 cm³/mol. The molecule has 6 heteroatoms. The molecule has 1 nitrogen and oxygen atoms in total. The van der Waals surface area contributed by atoms with E-state index in [1.807, 2.05) is 0 Å². The Kier molecular flexibility index (Phi) is 15.6. The van der Waals surface area contributed by atoms with E-state index in [2.05, 4.69) is 6.42 Å². The van der Waals surface area contributed by atoms with Crippen LogP contribution >= 0.6 is 0 Å². The summed E-state index contributed by atoms with van der Waals surface area (Å²) < 4.78 is 34.0. The molecule has 0 N–H and O–H groups in total. The Bertz CT molecular complexity index is 58.5. The van der Waals surface area contributed by atoms with Crippen molar-refractivity contribution in [2.45, 2.75) is 12.8 Å². The fourth-order valence-corrected chi connectivity index (χ4v) is 0.580. The van der Waals surface area contributed by atoms with E-state index in [9.17, 15) is 12.9 Å². The van der Waals surface area contributed by atoms with Crippen LogP contribution in [0.2, 0.25) is 0 Å². The number of ether oxygens (including phenoxy) is 1. The molecular weight excluding hydrogens is 183 g/mol. The zero-order valence-electron chi connectivity index (χ0n) is 6.53. The predicted octanol–water partition coefficient (Wildman–Crippen LogP) is -1.12. The van der Waals surface area contributed by atoms with Gasteiger partial charge in [-0.2, -0.15) is 12.8 Å². The standard InChI is InChI=1S/C5H9O.BF3.K/c1-2-4-6-5-3-1;2-1(3)4;/h1H,2-5H2;;/q-1;;+1. The van der Waals surface area contributed by atoms with Crippen molar-refractivity contribution in [2.75, 3.05) is 13.2 Å². The number of rotatable bonds is 0. The Morgan fingerprint density at radius 1 is 1.09 bits per heavy atom. The second-order valence-corrected chi connectivity index (χ2v) is 1.73. The fraction of sp³-hybridized carbons (Fsp3) is 0.800. The van der Waals surface area contributed by atoms with Crippen molar-refractivity contribution < 1.29 is 69.1 Å². The summed E-state index contributed by atoms with van der Waals surface area (Å²) in [6.45, 7) is 1.89. The van der Waals surface area contributed by atoms with Gasteiger partial charge in [0.15, 0.2) is 0 Å². The van der Waals surface area contributed by atoms with Gasteiger partial charge in [-0.05, 0) is 0 Å². The summed E-state index contributed by atoms with van der Waals surface area (Å²) in [5.74, 6) is 0. The SMILES string of the molecule is FB(F)F.[CH-]1CCOCC1.[K+]. The monoisotopic (exact) mass is 192 g/mol. The average molecular weight is 192 g/mol. The van der Waals surface area contributed by atoms with E-state index in [1.165, 1.54) is 0 Å². The first-order valence-corrected chi connectivity index (χ1v) is 3.05. The molecule has 0 bridgehead atoms. The largest absolute Gasteiger partial charge is 1.00 e. The quantitative estimate of drug-likeness (QED) is 0.349. The van der Waals surface area contributed by atoms with E-state index < -0.39 is 7.54 Å². The number of hydrogen-bond donors (Lipinski definition) is 0. The Morgan fingerprint density at radius 2 is 1.45 bits per heavy atom. The smallest absolute Gasteiger partial charge is 0.387 e. The van der Waals surface area contributed by atoms with Crippen molar-refractivity contribution in [3.63, 3.8) is 0 Å². The zero-order chi connectivity index (χ0) is 7.82. The second kappa shape index (κ2) is 11.5. The van der Waals surface area contributed by atoms with Crippen LogP contribution in [0.1, 0.15) is 12.8 Å². The Balaban J connectivity index is 0. The van der Waals surface area contributed by atoms with Crippen molar-refractivity contribution in [1.29, 1.82) is 0 Å². The van der Waals surface area contributed by atoms with Crippen LogP contribution in [0.15, 0.2) is 0 Å². The van der Waals surface area contributed by atoms with E-state index in [-0.39, 0.29) is 51.4 Å². The topological polar surface area (TPSA) is 9.23 Å². The molecule has 0 aromatic rings. The first-order chi connectivity index (χ1) is 4.73. The molecule has 0 amide bonds. The van der Waals surface area contributed by atoms with Gasteiger partial charge in [0.25, 0.3) is 0 Å². The minimum Gasteiger partial charge on any atom is -0.387 e. The van der Waals surface area contributed by atoms with Gasteiger partial charge in [-0.15, -0.1) is 0 Å². The first-order valence-electron chi connectivity index (χ1n) is 3.05. The van der Waals surface area contributed by atoms with Gasteiger partial charge in [-0.1, -0.05) is 0 Å². The summed E-state index contributed by atoms with van der Waals surface area (Å²) in [5.41, 5.74) is 0. The molecule has 1 aliphatic rings. The zero-order valence-corrected chi connectivity index (χ0v) is 9.65. The van der Waals surface area contributed by atoms with Crippen LogP contribution < -0.4 is 51.4 Å². The molecule has 1 aliphatic heterocycles. The molecule has 60 valence electrons.